The largest absolute Gasteiger partial charge is 0.491 e. The molecule has 0 bridgehead atoms. The van der Waals surface area contributed by atoms with Crippen molar-refractivity contribution in [3.05, 3.63) is 71.2 Å². The number of nitrogens with zero attached hydrogens (tertiary/aromatic N) is 5. The third-order valence-electron chi connectivity index (χ3n) is 9.41. The third kappa shape index (κ3) is 5.68. The molecule has 2 aromatic heterocycles. The van der Waals surface area contributed by atoms with E-state index < -0.39 is 0 Å². The summed E-state index contributed by atoms with van der Waals surface area (Å²) in [4.78, 5) is 31.8. The fourth-order valence-electron chi connectivity index (χ4n) is 6.64. The van der Waals surface area contributed by atoms with E-state index in [0.717, 1.165) is 90.3 Å². The average Bonchev–Trinajstić information content (AvgIpc) is 3.91. The number of hydrogen-bond donors (Lipinski definition) is 1. The first kappa shape index (κ1) is 28.5. The third-order valence-corrected chi connectivity index (χ3v) is 9.41. The summed E-state index contributed by atoms with van der Waals surface area (Å²) < 4.78 is 10.8. The second-order valence-corrected chi connectivity index (χ2v) is 12.4. The number of pyridine rings is 1. The number of rotatable bonds is 8. The number of likely N-dealkylation sites (tertiary alicyclic amines) is 1. The van der Waals surface area contributed by atoms with Crippen molar-refractivity contribution in [2.24, 2.45) is 5.92 Å². The van der Waals surface area contributed by atoms with Gasteiger partial charge in [0.15, 0.2) is 5.75 Å². The molecular formula is C35H40N6O3. The van der Waals surface area contributed by atoms with Gasteiger partial charge in [0.2, 0.25) is 0 Å². The Bertz CT molecular complexity index is 1700. The topological polar surface area (TPSA) is 92.7 Å². The zero-order chi connectivity index (χ0) is 30.2. The summed E-state index contributed by atoms with van der Waals surface area (Å²) in [5, 5.41) is 4.71. The lowest BCUT2D eigenvalue weighted by molar-refractivity contribution is 0.0705. The van der Waals surface area contributed by atoms with E-state index in [1.54, 1.807) is 26.7 Å². The molecule has 7 rings (SSSR count). The molecule has 2 aliphatic heterocycles. The van der Waals surface area contributed by atoms with Crippen LogP contribution in [0.4, 0.5) is 5.82 Å². The lowest BCUT2D eigenvalue weighted by Gasteiger charge is -2.33. The van der Waals surface area contributed by atoms with Crippen LogP contribution in [0.15, 0.2) is 48.9 Å². The van der Waals surface area contributed by atoms with Gasteiger partial charge in [0.25, 0.3) is 11.8 Å². The SMILES string of the molecule is COc1cc(-c2cc(C)c3ncnc(N4CCc5ccc(C(=O)N6CCC(NCC7CC7)CC6)cc5C4)c3c2)cnc1OC. The monoisotopic (exact) mass is 592 g/mol. The molecule has 4 aromatic rings. The van der Waals surface area contributed by atoms with Crippen LogP contribution in [-0.2, 0) is 13.0 Å². The smallest absolute Gasteiger partial charge is 0.256 e. The van der Waals surface area contributed by atoms with Crippen molar-refractivity contribution in [2.45, 2.75) is 51.6 Å². The molecule has 2 aromatic carbocycles. The predicted molar refractivity (Wildman–Crippen MR) is 171 cm³/mol. The number of carbonyl (C=O) groups excluding carboxylic acids is 1. The van der Waals surface area contributed by atoms with Gasteiger partial charge in [0.05, 0.1) is 19.7 Å². The number of aromatic nitrogens is 3. The average molecular weight is 593 g/mol. The standard InChI is InChI=1S/C35H40N6O3/c1-22-14-26(27-17-31(43-2)34(44-3)37-19-27)16-30-32(22)38-21-39-33(30)41-11-8-24-6-7-25(15-28(24)20-41)35(42)40-12-9-29(10-13-40)36-18-23-4-5-23/h6-7,14-17,19,21,23,29,36H,4-5,8-13,18,20H2,1-3H3. The summed E-state index contributed by atoms with van der Waals surface area (Å²) in [6, 6.07) is 13.0. The summed E-state index contributed by atoms with van der Waals surface area (Å²) in [5.74, 6) is 2.96. The van der Waals surface area contributed by atoms with Crippen LogP contribution >= 0.6 is 0 Å². The maximum absolute atomic E-state index is 13.5. The molecular weight excluding hydrogens is 552 g/mol. The fourth-order valence-corrected chi connectivity index (χ4v) is 6.64. The first-order chi connectivity index (χ1) is 21.5. The minimum Gasteiger partial charge on any atom is -0.491 e. The zero-order valence-corrected chi connectivity index (χ0v) is 25.8. The number of hydrogen-bond acceptors (Lipinski definition) is 8. The first-order valence-corrected chi connectivity index (χ1v) is 15.7. The molecule has 4 heterocycles. The van der Waals surface area contributed by atoms with E-state index in [1.807, 2.05) is 17.0 Å². The minimum atomic E-state index is 0.141. The second-order valence-electron chi connectivity index (χ2n) is 12.4. The summed E-state index contributed by atoms with van der Waals surface area (Å²) in [6.07, 6.45) is 9.13. The van der Waals surface area contributed by atoms with Crippen molar-refractivity contribution in [2.75, 3.05) is 45.3 Å². The summed E-state index contributed by atoms with van der Waals surface area (Å²) in [5.41, 5.74) is 7.19. The second kappa shape index (κ2) is 12.0. The van der Waals surface area contributed by atoms with Crippen molar-refractivity contribution in [3.8, 4) is 22.8 Å². The Morgan fingerprint density at radius 3 is 2.55 bits per heavy atom. The quantitative estimate of drug-likeness (QED) is 0.299. The van der Waals surface area contributed by atoms with Crippen LogP contribution in [0.2, 0.25) is 0 Å². The van der Waals surface area contributed by atoms with Gasteiger partial charge in [-0.25, -0.2) is 15.0 Å². The lowest BCUT2D eigenvalue weighted by Crippen LogP contribution is -2.45. The van der Waals surface area contributed by atoms with E-state index in [-0.39, 0.29) is 5.91 Å². The van der Waals surface area contributed by atoms with Crippen molar-refractivity contribution in [1.82, 2.24) is 25.2 Å². The van der Waals surface area contributed by atoms with Crippen molar-refractivity contribution < 1.29 is 14.3 Å². The van der Waals surface area contributed by atoms with Gasteiger partial charge in [-0.1, -0.05) is 6.07 Å². The number of methoxy groups -OCH3 is 2. The highest BCUT2D eigenvalue weighted by atomic mass is 16.5. The van der Waals surface area contributed by atoms with Crippen LogP contribution in [0.5, 0.6) is 11.6 Å². The molecule has 44 heavy (non-hydrogen) atoms. The highest BCUT2D eigenvalue weighted by Crippen LogP contribution is 2.36. The molecule has 0 spiro atoms. The molecule has 9 heteroatoms. The van der Waals surface area contributed by atoms with Crippen molar-refractivity contribution in [1.29, 1.82) is 0 Å². The number of ether oxygens (including phenoxy) is 2. The lowest BCUT2D eigenvalue weighted by atomic mass is 9.95. The Morgan fingerprint density at radius 1 is 0.932 bits per heavy atom. The molecule has 0 unspecified atom stereocenters. The Balaban J connectivity index is 1.12. The molecule has 9 nitrogen and oxygen atoms in total. The highest BCUT2D eigenvalue weighted by Gasteiger charge is 2.28. The first-order valence-electron chi connectivity index (χ1n) is 15.7. The molecule has 1 amide bonds. The van der Waals surface area contributed by atoms with Gasteiger partial charge in [0, 0.05) is 54.9 Å². The molecule has 1 aliphatic carbocycles. The van der Waals surface area contributed by atoms with Crippen LogP contribution in [0.25, 0.3) is 22.0 Å². The fraction of sp³-hybridized carbons (Fsp3) is 0.429. The number of fused-ring (bicyclic) bond motifs is 2. The van der Waals surface area contributed by atoms with Crippen LogP contribution in [0.1, 0.15) is 52.7 Å². The van der Waals surface area contributed by atoms with E-state index in [9.17, 15) is 4.79 Å². The molecule has 1 N–H and O–H groups in total. The number of benzene rings is 2. The Kier molecular flexibility index (Phi) is 7.80. The van der Waals surface area contributed by atoms with E-state index in [2.05, 4.69) is 51.4 Å². The molecule has 1 saturated heterocycles. The minimum absolute atomic E-state index is 0.141. The van der Waals surface area contributed by atoms with Gasteiger partial charge in [-0.3, -0.25) is 4.79 Å². The molecule has 1 saturated carbocycles. The maximum Gasteiger partial charge on any atom is 0.256 e. The van der Waals surface area contributed by atoms with Gasteiger partial charge in [-0.15, -0.1) is 0 Å². The van der Waals surface area contributed by atoms with Gasteiger partial charge in [-0.2, -0.15) is 0 Å². The van der Waals surface area contributed by atoms with Gasteiger partial charge >= 0.3 is 0 Å². The van der Waals surface area contributed by atoms with E-state index in [0.29, 0.717) is 24.2 Å². The van der Waals surface area contributed by atoms with E-state index in [1.165, 1.54) is 24.0 Å². The van der Waals surface area contributed by atoms with Crippen LogP contribution < -0.4 is 19.7 Å². The normalized spacial score (nSPS) is 17.1. The summed E-state index contributed by atoms with van der Waals surface area (Å²) >= 11 is 0. The Morgan fingerprint density at radius 2 is 1.77 bits per heavy atom. The zero-order valence-electron chi connectivity index (χ0n) is 25.8. The maximum atomic E-state index is 13.5. The molecule has 0 radical (unpaired) electrons. The summed E-state index contributed by atoms with van der Waals surface area (Å²) in [6.45, 7) is 6.37. The number of aryl methyl sites for hydroxylation is 1. The van der Waals surface area contributed by atoms with Gasteiger partial charge in [0.1, 0.15) is 12.1 Å². The molecule has 0 atom stereocenters. The Hall–Kier alpha value is -4.24. The molecule has 2 fully saturated rings. The number of piperidine rings is 1. The number of anilines is 1. The van der Waals surface area contributed by atoms with Gasteiger partial charge < -0.3 is 24.6 Å². The number of carbonyl (C=O) groups is 1. The molecule has 228 valence electrons. The Labute approximate surface area is 258 Å². The van der Waals surface area contributed by atoms with Crippen molar-refractivity contribution >= 4 is 22.6 Å². The van der Waals surface area contributed by atoms with Crippen molar-refractivity contribution in [3.63, 3.8) is 0 Å². The van der Waals surface area contributed by atoms with E-state index >= 15 is 0 Å². The number of amides is 1. The number of nitrogens with one attached hydrogen (secondary N) is 1. The summed E-state index contributed by atoms with van der Waals surface area (Å²) in [7, 11) is 3.20. The van der Waals surface area contributed by atoms with Crippen LogP contribution in [0.3, 0.4) is 0 Å². The van der Waals surface area contributed by atoms with Crippen LogP contribution in [-0.4, -0.2) is 72.2 Å². The van der Waals surface area contributed by atoms with E-state index in [4.69, 9.17) is 14.5 Å². The predicted octanol–water partition coefficient (Wildman–Crippen LogP) is 5.18. The highest BCUT2D eigenvalue weighted by molar-refractivity contribution is 5.96. The van der Waals surface area contributed by atoms with Crippen LogP contribution in [0, 0.1) is 12.8 Å². The van der Waals surface area contributed by atoms with Gasteiger partial charge in [-0.05, 0) is 104 Å². The molecule has 3 aliphatic rings.